The Hall–Kier alpha value is -2.96. The van der Waals surface area contributed by atoms with Crippen LogP contribution in [0.25, 0.3) is 17.1 Å². The zero-order valence-corrected chi connectivity index (χ0v) is 19.1. The van der Waals surface area contributed by atoms with Gasteiger partial charge in [-0.05, 0) is 60.7 Å². The van der Waals surface area contributed by atoms with Crippen LogP contribution < -0.4 is 5.48 Å². The van der Waals surface area contributed by atoms with E-state index in [1.807, 2.05) is 24.4 Å². The second kappa shape index (κ2) is 9.27. The number of pyridine rings is 1. The molecule has 0 bridgehead atoms. The van der Waals surface area contributed by atoms with Gasteiger partial charge < -0.3 is 4.98 Å². The van der Waals surface area contributed by atoms with Crippen molar-refractivity contribution in [3.8, 4) is 0 Å². The van der Waals surface area contributed by atoms with Crippen LogP contribution >= 0.6 is 0 Å². The highest BCUT2D eigenvalue weighted by Crippen LogP contribution is 2.34. The van der Waals surface area contributed by atoms with Crippen molar-refractivity contribution >= 4 is 23.0 Å². The van der Waals surface area contributed by atoms with Crippen LogP contribution in [0.5, 0.6) is 0 Å². The van der Waals surface area contributed by atoms with Gasteiger partial charge in [-0.25, -0.2) is 10.5 Å². The Morgan fingerprint density at radius 3 is 2.78 bits per heavy atom. The summed E-state index contributed by atoms with van der Waals surface area (Å²) >= 11 is 0. The number of likely N-dealkylation sites (tertiary alicyclic amines) is 1. The highest BCUT2D eigenvalue weighted by molar-refractivity contribution is 5.90. The molecule has 1 atom stereocenters. The molecule has 0 unspecified atom stereocenters. The number of aromatic nitrogens is 2. The first-order valence-corrected chi connectivity index (χ1v) is 11.3. The molecule has 1 saturated heterocycles. The zero-order chi connectivity index (χ0) is 22.7. The number of hydrogen-bond acceptors (Lipinski definition) is 4. The van der Waals surface area contributed by atoms with E-state index in [1.165, 1.54) is 34.7 Å². The van der Waals surface area contributed by atoms with Gasteiger partial charge in [0.25, 0.3) is 5.91 Å². The normalized spacial score (nSPS) is 17.4. The molecule has 0 spiro atoms. The van der Waals surface area contributed by atoms with E-state index in [0.29, 0.717) is 6.04 Å². The lowest BCUT2D eigenvalue weighted by molar-refractivity contribution is -0.124. The zero-order valence-electron chi connectivity index (χ0n) is 19.1. The largest absolute Gasteiger partial charge is 0.343 e. The average Bonchev–Trinajstić information content (AvgIpc) is 3.40. The highest BCUT2D eigenvalue weighted by Gasteiger charge is 2.28. The lowest BCUT2D eigenvalue weighted by Crippen LogP contribution is -2.26. The maximum atomic E-state index is 11.2. The van der Waals surface area contributed by atoms with Crippen LogP contribution in [0, 0.1) is 0 Å². The summed E-state index contributed by atoms with van der Waals surface area (Å²) in [5.41, 5.74) is 7.53. The number of rotatable bonds is 6. The molecule has 6 nitrogen and oxygen atoms in total. The topological polar surface area (TPSA) is 81.2 Å². The second-order valence-electron chi connectivity index (χ2n) is 9.55. The smallest absolute Gasteiger partial charge is 0.267 e. The van der Waals surface area contributed by atoms with Gasteiger partial charge in [-0.2, -0.15) is 0 Å². The summed E-state index contributed by atoms with van der Waals surface area (Å²) in [6.07, 6.45) is 8.21. The lowest BCUT2D eigenvalue weighted by Gasteiger charge is -2.26. The fourth-order valence-electron chi connectivity index (χ4n) is 4.74. The minimum Gasteiger partial charge on any atom is -0.343 e. The van der Waals surface area contributed by atoms with Gasteiger partial charge in [-0.3, -0.25) is 14.9 Å². The van der Waals surface area contributed by atoms with Crippen molar-refractivity contribution in [1.29, 1.82) is 0 Å². The quantitative estimate of drug-likeness (QED) is 0.298. The van der Waals surface area contributed by atoms with Crippen molar-refractivity contribution in [3.05, 3.63) is 71.1 Å². The lowest BCUT2D eigenvalue weighted by atomic mass is 9.88. The van der Waals surface area contributed by atoms with Gasteiger partial charge in [-0.1, -0.05) is 45.0 Å². The number of hydroxylamine groups is 1. The first-order valence-electron chi connectivity index (χ1n) is 11.3. The van der Waals surface area contributed by atoms with E-state index in [2.05, 4.69) is 53.8 Å². The molecule has 1 aromatic carbocycles. The summed E-state index contributed by atoms with van der Waals surface area (Å²) in [6.45, 7) is 8.86. The maximum absolute atomic E-state index is 11.2. The summed E-state index contributed by atoms with van der Waals surface area (Å²) in [7, 11) is 0. The van der Waals surface area contributed by atoms with Crippen molar-refractivity contribution in [2.45, 2.75) is 51.5 Å². The van der Waals surface area contributed by atoms with Gasteiger partial charge in [0, 0.05) is 41.4 Å². The third-order valence-corrected chi connectivity index (χ3v) is 6.30. The fraction of sp³-hybridized carbons (Fsp3) is 0.385. The second-order valence-corrected chi connectivity index (χ2v) is 9.55. The van der Waals surface area contributed by atoms with E-state index in [4.69, 9.17) is 5.21 Å². The van der Waals surface area contributed by atoms with E-state index >= 15 is 0 Å². The third kappa shape index (κ3) is 4.76. The molecule has 4 rings (SSSR count). The molecule has 1 fully saturated rings. The summed E-state index contributed by atoms with van der Waals surface area (Å²) in [5, 5.41) is 9.84. The standard InChI is InChI=1S/C26H32N4O2/c1-26(2,3)24-20(21-6-4-15-27-25(21)28-24)14-17-30-16-5-7-22(30)19-11-8-18(9-12-19)10-13-23(31)29-32/h4,6,8-13,15,22,32H,5,7,14,16-17H2,1-3H3,(H,27,28)(H,29,31)/t22-/m0/s1. The summed E-state index contributed by atoms with van der Waals surface area (Å²) in [4.78, 5) is 21.9. The number of aromatic amines is 1. The Morgan fingerprint density at radius 2 is 2.06 bits per heavy atom. The predicted octanol–water partition coefficient (Wildman–Crippen LogP) is 4.76. The molecule has 2 aromatic heterocycles. The van der Waals surface area contributed by atoms with Crippen molar-refractivity contribution in [2.75, 3.05) is 13.1 Å². The Bertz CT molecular complexity index is 1110. The molecule has 3 aromatic rings. The first kappa shape index (κ1) is 22.2. The van der Waals surface area contributed by atoms with Crippen molar-refractivity contribution in [2.24, 2.45) is 0 Å². The number of benzene rings is 1. The number of carbonyl (C=O) groups excluding carboxylic acids is 1. The van der Waals surface area contributed by atoms with Crippen LogP contribution in [0.15, 0.2) is 48.7 Å². The van der Waals surface area contributed by atoms with Crippen LogP contribution in [0.4, 0.5) is 0 Å². The molecular formula is C26H32N4O2. The Morgan fingerprint density at radius 1 is 1.28 bits per heavy atom. The van der Waals surface area contributed by atoms with E-state index in [-0.39, 0.29) is 5.41 Å². The molecule has 1 aliphatic heterocycles. The van der Waals surface area contributed by atoms with E-state index in [9.17, 15) is 4.79 Å². The number of nitrogens with zero attached hydrogens (tertiary/aromatic N) is 2. The SMILES string of the molecule is CC(C)(C)c1[nH]c2ncccc2c1CCN1CCC[C@H]1c1ccc(C=CC(=O)NO)cc1. The van der Waals surface area contributed by atoms with Gasteiger partial charge in [0.2, 0.25) is 0 Å². The number of fused-ring (bicyclic) bond motifs is 1. The van der Waals surface area contributed by atoms with Gasteiger partial charge in [0.15, 0.2) is 0 Å². The molecule has 0 radical (unpaired) electrons. The van der Waals surface area contributed by atoms with E-state index in [0.717, 1.165) is 37.1 Å². The highest BCUT2D eigenvalue weighted by atomic mass is 16.5. The van der Waals surface area contributed by atoms with Crippen LogP contribution in [0.1, 0.15) is 62.0 Å². The molecule has 3 heterocycles. The minimum absolute atomic E-state index is 0.0384. The molecule has 0 aliphatic carbocycles. The van der Waals surface area contributed by atoms with Crippen LogP contribution in [0.3, 0.4) is 0 Å². The molecule has 3 N–H and O–H groups in total. The minimum atomic E-state index is -0.529. The van der Waals surface area contributed by atoms with Gasteiger partial charge in [0.1, 0.15) is 5.65 Å². The Labute approximate surface area is 189 Å². The van der Waals surface area contributed by atoms with Gasteiger partial charge in [-0.15, -0.1) is 0 Å². The monoisotopic (exact) mass is 432 g/mol. The number of hydrogen-bond donors (Lipinski definition) is 3. The molecule has 1 aliphatic rings. The maximum Gasteiger partial charge on any atom is 0.267 e. The molecule has 0 saturated carbocycles. The van der Waals surface area contributed by atoms with E-state index < -0.39 is 5.91 Å². The summed E-state index contributed by atoms with van der Waals surface area (Å²) in [6, 6.07) is 13.0. The van der Waals surface area contributed by atoms with Gasteiger partial charge >= 0.3 is 0 Å². The Kier molecular flexibility index (Phi) is 6.44. The molecule has 32 heavy (non-hydrogen) atoms. The number of nitrogens with one attached hydrogen (secondary N) is 2. The van der Waals surface area contributed by atoms with Crippen molar-refractivity contribution in [3.63, 3.8) is 0 Å². The number of carbonyl (C=O) groups is 1. The molecule has 168 valence electrons. The predicted molar refractivity (Wildman–Crippen MR) is 127 cm³/mol. The van der Waals surface area contributed by atoms with Crippen LogP contribution in [0.2, 0.25) is 0 Å². The molecule has 1 amide bonds. The van der Waals surface area contributed by atoms with Crippen molar-refractivity contribution in [1.82, 2.24) is 20.3 Å². The fourth-order valence-corrected chi connectivity index (χ4v) is 4.74. The summed E-state index contributed by atoms with van der Waals surface area (Å²) < 4.78 is 0. The summed E-state index contributed by atoms with van der Waals surface area (Å²) in [5.74, 6) is -0.529. The van der Waals surface area contributed by atoms with Crippen LogP contribution in [-0.2, 0) is 16.6 Å². The molecular weight excluding hydrogens is 400 g/mol. The first-order chi connectivity index (χ1) is 15.4. The van der Waals surface area contributed by atoms with Gasteiger partial charge in [0.05, 0.1) is 0 Å². The van der Waals surface area contributed by atoms with Crippen LogP contribution in [-0.4, -0.2) is 39.1 Å². The number of H-pyrrole nitrogens is 1. The number of amides is 1. The third-order valence-electron chi connectivity index (χ3n) is 6.30. The van der Waals surface area contributed by atoms with Crippen molar-refractivity contribution < 1.29 is 10.0 Å². The average molecular weight is 433 g/mol. The van der Waals surface area contributed by atoms with E-state index in [1.54, 1.807) is 11.6 Å². The Balaban J connectivity index is 1.50. The molecule has 6 heteroatoms.